The number of aromatic hydroxyl groups is 1. The van der Waals surface area contributed by atoms with Gasteiger partial charge in [-0.15, -0.1) is 0 Å². The molecule has 0 aromatic heterocycles. The molecule has 1 aliphatic heterocycles. The first-order chi connectivity index (χ1) is 15.7. The molecule has 6 nitrogen and oxygen atoms in total. The molecule has 1 saturated heterocycles. The molecule has 168 valence electrons. The third-order valence-electron chi connectivity index (χ3n) is 5.38. The van der Waals surface area contributed by atoms with Gasteiger partial charge in [-0.3, -0.25) is 14.5 Å². The number of carbonyl (C=O) groups is 2. The number of phenolic OH excluding ortho intramolecular Hbond substituents is 1. The second kappa shape index (κ2) is 8.60. The fourth-order valence-electron chi connectivity index (χ4n) is 3.97. The normalized spacial score (nSPS) is 17.5. The zero-order chi connectivity index (χ0) is 23.9. The third-order valence-corrected chi connectivity index (χ3v) is 5.66. The Bertz CT molecular complexity index is 1300. The van der Waals surface area contributed by atoms with Crippen molar-refractivity contribution in [1.82, 2.24) is 0 Å². The molecular weight excluding hydrogens is 449 g/mol. The Labute approximate surface area is 194 Å². The van der Waals surface area contributed by atoms with E-state index in [1.165, 1.54) is 31.4 Å². The summed E-state index contributed by atoms with van der Waals surface area (Å²) in [6, 6.07) is 13.2. The number of aryl methyl sites for hydroxylation is 1. The number of benzene rings is 3. The lowest BCUT2D eigenvalue weighted by Gasteiger charge is -2.25. The Kier molecular flexibility index (Phi) is 5.82. The topological polar surface area (TPSA) is 87.1 Å². The van der Waals surface area contributed by atoms with E-state index in [4.69, 9.17) is 16.3 Å². The number of hydrogen-bond acceptors (Lipinski definition) is 5. The minimum Gasteiger partial charge on any atom is -0.508 e. The van der Waals surface area contributed by atoms with Crippen LogP contribution >= 0.6 is 11.6 Å². The second-order valence-electron chi connectivity index (χ2n) is 7.57. The number of amides is 1. The molecule has 1 unspecified atom stereocenters. The number of ether oxygens (including phenoxy) is 1. The van der Waals surface area contributed by atoms with E-state index >= 15 is 0 Å². The van der Waals surface area contributed by atoms with Gasteiger partial charge in [0.1, 0.15) is 23.1 Å². The number of hydrogen-bond donors (Lipinski definition) is 2. The minimum atomic E-state index is -1.09. The van der Waals surface area contributed by atoms with E-state index < -0.39 is 29.3 Å². The van der Waals surface area contributed by atoms with Crippen LogP contribution in [-0.4, -0.2) is 29.0 Å². The van der Waals surface area contributed by atoms with Gasteiger partial charge in [-0.05, 0) is 66.6 Å². The molecule has 2 N–H and O–H groups in total. The molecule has 0 aliphatic carbocycles. The van der Waals surface area contributed by atoms with Crippen LogP contribution in [0.25, 0.3) is 5.76 Å². The van der Waals surface area contributed by atoms with Crippen molar-refractivity contribution in [2.24, 2.45) is 0 Å². The summed E-state index contributed by atoms with van der Waals surface area (Å²) in [4.78, 5) is 27.5. The average Bonchev–Trinajstić information content (AvgIpc) is 3.04. The number of ketones is 1. The van der Waals surface area contributed by atoms with Gasteiger partial charge in [-0.1, -0.05) is 23.7 Å². The first-order valence-electron chi connectivity index (χ1n) is 9.93. The Hall–Kier alpha value is -3.84. The summed E-state index contributed by atoms with van der Waals surface area (Å²) in [5.41, 5.74) is 1.25. The molecule has 1 fully saturated rings. The fraction of sp³-hybridized carbons (Fsp3) is 0.120. The van der Waals surface area contributed by atoms with Crippen LogP contribution in [0.4, 0.5) is 10.1 Å². The quantitative estimate of drug-likeness (QED) is 0.315. The number of carbonyl (C=O) groups excluding carboxylic acids is 2. The minimum absolute atomic E-state index is 0.0895. The molecule has 33 heavy (non-hydrogen) atoms. The van der Waals surface area contributed by atoms with Crippen LogP contribution in [0, 0.1) is 12.7 Å². The smallest absolute Gasteiger partial charge is 0.300 e. The number of anilines is 1. The predicted molar refractivity (Wildman–Crippen MR) is 122 cm³/mol. The van der Waals surface area contributed by atoms with Crippen LogP contribution in [-0.2, 0) is 9.59 Å². The van der Waals surface area contributed by atoms with Gasteiger partial charge in [0.25, 0.3) is 11.7 Å². The number of Topliss-reactive ketones (excluding diaryl/α,β-unsaturated/α-hetero) is 1. The lowest BCUT2D eigenvalue weighted by Crippen LogP contribution is -2.29. The van der Waals surface area contributed by atoms with E-state index in [-0.39, 0.29) is 33.3 Å². The summed E-state index contributed by atoms with van der Waals surface area (Å²) in [6.07, 6.45) is 0. The summed E-state index contributed by atoms with van der Waals surface area (Å²) in [7, 11) is 1.37. The van der Waals surface area contributed by atoms with E-state index in [9.17, 15) is 24.2 Å². The largest absolute Gasteiger partial charge is 0.508 e. The van der Waals surface area contributed by atoms with E-state index in [2.05, 4.69) is 0 Å². The monoisotopic (exact) mass is 467 g/mol. The summed E-state index contributed by atoms with van der Waals surface area (Å²) in [6.45, 7) is 1.76. The molecule has 3 aromatic rings. The SMILES string of the molecule is COc1c(Cl)cc(C)cc1/C(O)=C1\C(=O)C(=O)N(c2ccc(F)cc2)C1c1cccc(O)c1. The molecule has 0 radical (unpaired) electrons. The highest BCUT2D eigenvalue weighted by molar-refractivity contribution is 6.51. The number of methoxy groups -OCH3 is 1. The van der Waals surface area contributed by atoms with Crippen LogP contribution < -0.4 is 9.64 Å². The van der Waals surface area contributed by atoms with Gasteiger partial charge >= 0.3 is 0 Å². The van der Waals surface area contributed by atoms with E-state index in [1.54, 1.807) is 31.2 Å². The van der Waals surface area contributed by atoms with Crippen molar-refractivity contribution < 1.29 is 28.9 Å². The maximum absolute atomic E-state index is 13.5. The molecule has 1 heterocycles. The number of aliphatic hydroxyl groups is 1. The molecule has 1 atom stereocenters. The van der Waals surface area contributed by atoms with Gasteiger partial charge in [0.15, 0.2) is 0 Å². The van der Waals surface area contributed by atoms with Crippen LogP contribution in [0.3, 0.4) is 0 Å². The number of halogens is 2. The first kappa shape index (κ1) is 22.4. The third kappa shape index (κ3) is 3.91. The zero-order valence-electron chi connectivity index (χ0n) is 17.7. The molecule has 4 rings (SSSR count). The van der Waals surface area contributed by atoms with Crippen molar-refractivity contribution in [2.45, 2.75) is 13.0 Å². The predicted octanol–water partition coefficient (Wildman–Crippen LogP) is 5.13. The zero-order valence-corrected chi connectivity index (χ0v) is 18.4. The van der Waals surface area contributed by atoms with E-state index in [1.807, 2.05) is 0 Å². The Balaban J connectivity index is 2.01. The highest BCUT2D eigenvalue weighted by Crippen LogP contribution is 2.44. The Morgan fingerprint density at radius 1 is 1.09 bits per heavy atom. The van der Waals surface area contributed by atoms with Crippen LogP contribution in [0.15, 0.2) is 66.2 Å². The molecule has 1 amide bonds. The molecule has 1 aliphatic rings. The van der Waals surface area contributed by atoms with Gasteiger partial charge in [0, 0.05) is 5.69 Å². The lowest BCUT2D eigenvalue weighted by atomic mass is 9.94. The van der Waals surface area contributed by atoms with Crippen molar-refractivity contribution in [3.05, 3.63) is 93.8 Å². The second-order valence-corrected chi connectivity index (χ2v) is 7.98. The maximum atomic E-state index is 13.5. The summed E-state index contributed by atoms with van der Waals surface area (Å²) in [5, 5.41) is 21.6. The molecular formula is C25H19ClFNO5. The van der Waals surface area contributed by atoms with Gasteiger partial charge in [-0.2, -0.15) is 0 Å². The maximum Gasteiger partial charge on any atom is 0.300 e. The molecule has 8 heteroatoms. The highest BCUT2D eigenvalue weighted by Gasteiger charge is 2.47. The fourth-order valence-corrected chi connectivity index (χ4v) is 4.32. The van der Waals surface area contributed by atoms with E-state index in [0.717, 1.165) is 17.0 Å². The molecule has 0 bridgehead atoms. The Morgan fingerprint density at radius 3 is 2.42 bits per heavy atom. The summed E-state index contributed by atoms with van der Waals surface area (Å²) < 4.78 is 18.9. The van der Waals surface area contributed by atoms with Crippen molar-refractivity contribution >= 4 is 34.7 Å². The van der Waals surface area contributed by atoms with Crippen LogP contribution in [0.5, 0.6) is 11.5 Å². The summed E-state index contributed by atoms with van der Waals surface area (Å²) >= 11 is 6.27. The number of aliphatic hydroxyl groups excluding tert-OH is 1. The van der Waals surface area contributed by atoms with Crippen molar-refractivity contribution in [3.8, 4) is 11.5 Å². The number of nitrogens with zero attached hydrogens (tertiary/aromatic N) is 1. The average molecular weight is 468 g/mol. The standard InChI is InChI=1S/C25H19ClFNO5/c1-13-10-18(24(33-2)19(26)11-13)22(30)20-21(14-4-3-5-17(29)12-14)28(25(32)23(20)31)16-8-6-15(27)7-9-16/h3-12,21,29-30H,1-2H3/b22-20+. The molecule has 0 saturated carbocycles. The van der Waals surface area contributed by atoms with E-state index in [0.29, 0.717) is 11.1 Å². The number of rotatable bonds is 4. The number of phenols is 1. The van der Waals surface area contributed by atoms with Crippen LogP contribution in [0.1, 0.15) is 22.7 Å². The lowest BCUT2D eigenvalue weighted by molar-refractivity contribution is -0.132. The summed E-state index contributed by atoms with van der Waals surface area (Å²) in [5.74, 6) is -2.79. The highest BCUT2D eigenvalue weighted by atomic mass is 35.5. The first-order valence-corrected chi connectivity index (χ1v) is 10.3. The van der Waals surface area contributed by atoms with Gasteiger partial charge in [0.05, 0.1) is 29.3 Å². The van der Waals surface area contributed by atoms with Crippen molar-refractivity contribution in [3.63, 3.8) is 0 Å². The molecule has 3 aromatic carbocycles. The van der Waals surface area contributed by atoms with Gasteiger partial charge < -0.3 is 14.9 Å². The molecule has 0 spiro atoms. The van der Waals surface area contributed by atoms with Crippen molar-refractivity contribution in [2.75, 3.05) is 12.0 Å². The van der Waals surface area contributed by atoms with Gasteiger partial charge in [-0.25, -0.2) is 4.39 Å². The van der Waals surface area contributed by atoms with Crippen LogP contribution in [0.2, 0.25) is 5.02 Å². The Morgan fingerprint density at radius 2 is 1.79 bits per heavy atom. The van der Waals surface area contributed by atoms with Gasteiger partial charge in [0.2, 0.25) is 0 Å². The van der Waals surface area contributed by atoms with Crippen molar-refractivity contribution in [1.29, 1.82) is 0 Å².